The van der Waals surface area contributed by atoms with E-state index in [1.807, 2.05) is 30.3 Å². The molecule has 3 amide bonds. The molecule has 52 heavy (non-hydrogen) atoms. The quantitative estimate of drug-likeness (QED) is 0.146. The number of nitrogens with zero attached hydrogens (tertiary/aromatic N) is 1. The maximum Gasteiger partial charge on any atom is 0.383 e. The first-order valence-corrected chi connectivity index (χ1v) is 17.4. The van der Waals surface area contributed by atoms with E-state index >= 15 is 8.78 Å². The summed E-state index contributed by atoms with van der Waals surface area (Å²) >= 11 is 0. The maximum atomic E-state index is 15.7. The fraction of sp³-hybridized carbons (Fsp3) is 0.317. The molecule has 272 valence electrons. The van der Waals surface area contributed by atoms with E-state index < -0.39 is 54.0 Å². The van der Waals surface area contributed by atoms with Gasteiger partial charge >= 0.3 is 5.92 Å². The number of carboxylic acid groups (broad SMARTS) is 1. The lowest BCUT2D eigenvalue weighted by atomic mass is 9.82. The van der Waals surface area contributed by atoms with Gasteiger partial charge in [-0.1, -0.05) is 122 Å². The van der Waals surface area contributed by atoms with Crippen molar-refractivity contribution in [1.82, 2.24) is 15.5 Å². The predicted molar refractivity (Wildman–Crippen MR) is 189 cm³/mol. The van der Waals surface area contributed by atoms with Gasteiger partial charge in [0.25, 0.3) is 5.91 Å². The first-order chi connectivity index (χ1) is 25.1. The van der Waals surface area contributed by atoms with E-state index in [-0.39, 0.29) is 13.1 Å². The highest BCUT2D eigenvalue weighted by atomic mass is 19.3. The van der Waals surface area contributed by atoms with E-state index in [9.17, 15) is 24.3 Å². The number of ether oxygens (including phenoxy) is 1. The highest BCUT2D eigenvalue weighted by Gasteiger charge is 2.51. The van der Waals surface area contributed by atoms with E-state index in [2.05, 4.69) is 10.6 Å². The number of halogens is 2. The second-order valence-electron chi connectivity index (χ2n) is 13.0. The number of hydrogen-bond acceptors (Lipinski definition) is 6. The van der Waals surface area contributed by atoms with Gasteiger partial charge < -0.3 is 30.2 Å². The molecule has 2 N–H and O–H groups in total. The second kappa shape index (κ2) is 18.1. The van der Waals surface area contributed by atoms with Gasteiger partial charge in [0, 0.05) is 19.5 Å². The molecule has 1 aliphatic rings. The molecule has 4 aromatic rings. The molecule has 0 spiro atoms. The number of ketones is 1. The summed E-state index contributed by atoms with van der Waals surface area (Å²) in [5.41, 5.74) is 2.50. The molecule has 1 fully saturated rings. The van der Waals surface area contributed by atoms with E-state index in [4.69, 9.17) is 4.74 Å². The summed E-state index contributed by atoms with van der Waals surface area (Å²) in [6.45, 7) is -0.130. The summed E-state index contributed by atoms with van der Waals surface area (Å²) < 4.78 is 37.3. The van der Waals surface area contributed by atoms with Gasteiger partial charge in [0.15, 0.2) is 0 Å². The average Bonchev–Trinajstić information content (AvgIpc) is 3.17. The molecule has 2 atom stereocenters. The molecular formula is C41H42F2N3O6-. The number of rotatable bonds is 16. The first kappa shape index (κ1) is 37.7. The Balaban J connectivity index is 1.40. The van der Waals surface area contributed by atoms with Gasteiger partial charge in [0.1, 0.15) is 24.5 Å². The van der Waals surface area contributed by atoms with Gasteiger partial charge in [0.2, 0.25) is 11.7 Å². The van der Waals surface area contributed by atoms with Crippen LogP contribution in [0.5, 0.6) is 5.75 Å². The van der Waals surface area contributed by atoms with E-state index in [1.54, 1.807) is 84.9 Å². The Bertz CT molecular complexity index is 1770. The second-order valence-corrected chi connectivity index (χ2v) is 13.0. The Labute approximate surface area is 302 Å². The molecule has 1 aliphatic carbocycles. The third-order valence-electron chi connectivity index (χ3n) is 9.27. The van der Waals surface area contributed by atoms with Crippen LogP contribution in [0, 0.1) is 5.92 Å². The van der Waals surface area contributed by atoms with E-state index in [1.165, 1.54) is 0 Å². The minimum atomic E-state index is -4.52. The van der Waals surface area contributed by atoms with Crippen molar-refractivity contribution in [3.63, 3.8) is 0 Å². The fourth-order valence-electron chi connectivity index (χ4n) is 6.50. The predicted octanol–water partition coefficient (Wildman–Crippen LogP) is 5.61. The zero-order valence-electron chi connectivity index (χ0n) is 28.7. The van der Waals surface area contributed by atoms with Crippen LogP contribution in [0.3, 0.4) is 0 Å². The standard InChI is InChI=1S/C41H43F2N3O6/c42-41(43,39(49)44-26-30-13-5-1-6-14-30)37(47)35(25-29-21-23-34(24-22-29)52-28-32-17-9-3-10-18-32)45-38(48)36(33-19-11-4-12-20-33)46(40(50)51)27-31-15-7-2-8-16-31/h1-3,5-10,13-18,21-24,33,35-36H,4,11-12,19-20,25-28H2,(H,44,49)(H,45,48)(H,50,51)/p-1/t35-,36-/m0/s1. The van der Waals surface area contributed by atoms with Crippen LogP contribution in [0.2, 0.25) is 0 Å². The normalized spacial score (nSPS) is 14.4. The van der Waals surface area contributed by atoms with Crippen molar-refractivity contribution in [1.29, 1.82) is 0 Å². The Morgan fingerprint density at radius 3 is 1.88 bits per heavy atom. The molecule has 0 aliphatic heterocycles. The minimum absolute atomic E-state index is 0.182. The lowest BCUT2D eigenvalue weighted by Crippen LogP contribution is -2.61. The lowest BCUT2D eigenvalue weighted by Gasteiger charge is -2.40. The number of hydrogen-bond donors (Lipinski definition) is 2. The Morgan fingerprint density at radius 1 is 0.750 bits per heavy atom. The number of benzene rings is 4. The molecule has 0 saturated heterocycles. The zero-order valence-corrected chi connectivity index (χ0v) is 28.7. The SMILES string of the molecule is O=C(N[C@@H](Cc1ccc(OCc2ccccc2)cc1)C(=O)C(F)(F)C(=O)NCc1ccccc1)[C@H](C1CCCCC1)N(Cc1ccccc1)C(=O)[O-]. The van der Waals surface area contributed by atoms with Crippen molar-refractivity contribution < 1.29 is 37.8 Å². The van der Waals surface area contributed by atoms with Gasteiger partial charge in [-0.25, -0.2) is 0 Å². The molecule has 0 heterocycles. The molecule has 0 aromatic heterocycles. The molecule has 0 radical (unpaired) electrons. The average molecular weight is 711 g/mol. The monoisotopic (exact) mass is 710 g/mol. The van der Waals surface area contributed by atoms with Crippen LogP contribution in [0.4, 0.5) is 13.6 Å². The van der Waals surface area contributed by atoms with Gasteiger partial charge in [0.05, 0.1) is 6.04 Å². The highest BCUT2D eigenvalue weighted by Crippen LogP contribution is 2.31. The Morgan fingerprint density at radius 2 is 1.31 bits per heavy atom. The summed E-state index contributed by atoms with van der Waals surface area (Å²) in [5.74, 6) is -9.01. The number of nitrogens with one attached hydrogen (secondary N) is 2. The fourth-order valence-corrected chi connectivity index (χ4v) is 6.50. The van der Waals surface area contributed by atoms with Crippen LogP contribution in [-0.4, -0.2) is 46.6 Å². The zero-order chi connectivity index (χ0) is 36.9. The molecule has 0 bridgehead atoms. The van der Waals surface area contributed by atoms with Crippen molar-refractivity contribution in [3.05, 3.63) is 138 Å². The van der Waals surface area contributed by atoms with Crippen LogP contribution in [0.25, 0.3) is 0 Å². The number of Topliss-reactive ketones (excluding diaryl/α,β-unsaturated/α-hetero) is 1. The minimum Gasteiger partial charge on any atom is -0.530 e. The molecule has 1 saturated carbocycles. The molecule has 0 unspecified atom stereocenters. The topological polar surface area (TPSA) is 128 Å². The van der Waals surface area contributed by atoms with E-state index in [0.29, 0.717) is 41.9 Å². The van der Waals surface area contributed by atoms with Crippen LogP contribution in [0.1, 0.15) is 54.4 Å². The largest absolute Gasteiger partial charge is 0.530 e. The first-order valence-electron chi connectivity index (χ1n) is 17.4. The summed E-state index contributed by atoms with van der Waals surface area (Å²) in [6, 6.07) is 29.7. The van der Waals surface area contributed by atoms with Crippen molar-refractivity contribution in [2.24, 2.45) is 5.92 Å². The van der Waals surface area contributed by atoms with Gasteiger partial charge in [-0.05, 0) is 53.1 Å². The van der Waals surface area contributed by atoms with Crippen molar-refractivity contribution in [3.8, 4) is 5.75 Å². The highest BCUT2D eigenvalue weighted by molar-refractivity contribution is 6.10. The summed E-state index contributed by atoms with van der Waals surface area (Å²) in [6.07, 6.45) is 1.46. The number of alkyl halides is 2. The number of carbonyl (C=O) groups is 4. The van der Waals surface area contributed by atoms with Gasteiger partial charge in [-0.2, -0.15) is 8.78 Å². The van der Waals surface area contributed by atoms with Crippen LogP contribution in [0.15, 0.2) is 115 Å². The number of carbonyl (C=O) groups excluding carboxylic acids is 4. The molecule has 9 nitrogen and oxygen atoms in total. The third kappa shape index (κ3) is 10.2. The third-order valence-corrected chi connectivity index (χ3v) is 9.27. The van der Waals surface area contributed by atoms with Gasteiger partial charge in [-0.15, -0.1) is 0 Å². The van der Waals surface area contributed by atoms with E-state index in [0.717, 1.165) is 29.7 Å². The van der Waals surface area contributed by atoms with Crippen molar-refractivity contribution in [2.45, 2.75) is 76.2 Å². The molecular weight excluding hydrogens is 668 g/mol. The van der Waals surface area contributed by atoms with Crippen molar-refractivity contribution >= 4 is 23.7 Å². The summed E-state index contributed by atoms with van der Waals surface area (Å²) in [7, 11) is 0. The maximum absolute atomic E-state index is 15.7. The molecule has 11 heteroatoms. The summed E-state index contributed by atoms with van der Waals surface area (Å²) in [4.78, 5) is 54.2. The Hall–Kier alpha value is -5.58. The lowest BCUT2D eigenvalue weighted by molar-refractivity contribution is -0.269. The van der Waals surface area contributed by atoms with Crippen LogP contribution < -0.4 is 20.5 Å². The van der Waals surface area contributed by atoms with Gasteiger partial charge in [-0.3, -0.25) is 14.4 Å². The number of amides is 3. The van der Waals surface area contributed by atoms with Crippen LogP contribution in [-0.2, 0) is 40.5 Å². The van der Waals surface area contributed by atoms with Crippen molar-refractivity contribution in [2.75, 3.05) is 0 Å². The Kier molecular flexibility index (Phi) is 13.1. The smallest absolute Gasteiger partial charge is 0.383 e. The molecule has 4 aromatic carbocycles. The summed E-state index contributed by atoms with van der Waals surface area (Å²) in [5, 5.41) is 17.2. The van der Waals surface area contributed by atoms with Crippen LogP contribution >= 0.6 is 0 Å². The molecule has 5 rings (SSSR count).